The summed E-state index contributed by atoms with van der Waals surface area (Å²) in [6, 6.07) is 28.5. The Morgan fingerprint density at radius 2 is 1.18 bits per heavy atom. The lowest BCUT2D eigenvalue weighted by Crippen LogP contribution is -2.46. The van der Waals surface area contributed by atoms with E-state index in [9.17, 15) is 9.90 Å². The molecule has 3 aromatic carbocycles. The van der Waals surface area contributed by atoms with E-state index in [0.29, 0.717) is 24.2 Å². The number of nitrogens with zero attached hydrogens (tertiary/aromatic N) is 1. The molecular formula is C25H27NO2. The average Bonchev–Trinajstić information content (AvgIpc) is 2.76. The van der Waals surface area contributed by atoms with Gasteiger partial charge < -0.3 is 10.0 Å². The van der Waals surface area contributed by atoms with Gasteiger partial charge in [0.05, 0.1) is 0 Å². The number of hydrogen-bond donors (Lipinski definition) is 1. The summed E-state index contributed by atoms with van der Waals surface area (Å²) in [4.78, 5) is 15.5. The van der Waals surface area contributed by atoms with Crippen molar-refractivity contribution in [3.8, 4) is 0 Å². The Labute approximate surface area is 167 Å². The normalized spacial score (nSPS) is 12.4. The molecule has 0 unspecified atom stereocenters. The quantitative estimate of drug-likeness (QED) is 0.659. The number of carbonyl (C=O) groups excluding carboxylic acids is 1. The fraction of sp³-hybridized carbons (Fsp3) is 0.240. The second-order valence-corrected chi connectivity index (χ2v) is 6.85. The van der Waals surface area contributed by atoms with Gasteiger partial charge in [-0.2, -0.15) is 0 Å². The first kappa shape index (κ1) is 19.8. The van der Waals surface area contributed by atoms with Crippen molar-refractivity contribution in [1.82, 2.24) is 4.90 Å². The Balaban J connectivity index is 2.27. The summed E-state index contributed by atoms with van der Waals surface area (Å²) in [6.45, 7) is 5.12. The third kappa shape index (κ3) is 3.71. The van der Waals surface area contributed by atoms with Crippen molar-refractivity contribution >= 4 is 5.91 Å². The van der Waals surface area contributed by atoms with E-state index in [2.05, 4.69) is 0 Å². The maximum Gasteiger partial charge on any atom is 0.233 e. The summed E-state index contributed by atoms with van der Waals surface area (Å²) in [5.41, 5.74) is 0.726. The largest absolute Gasteiger partial charge is 0.379 e. The molecule has 0 heterocycles. The van der Waals surface area contributed by atoms with E-state index in [-0.39, 0.29) is 5.91 Å². The molecule has 0 saturated heterocycles. The highest BCUT2D eigenvalue weighted by atomic mass is 16.3. The van der Waals surface area contributed by atoms with Crippen molar-refractivity contribution in [1.29, 1.82) is 0 Å². The Morgan fingerprint density at radius 1 is 0.786 bits per heavy atom. The van der Waals surface area contributed by atoms with Crippen LogP contribution in [0.15, 0.2) is 91.0 Å². The monoisotopic (exact) mass is 373 g/mol. The van der Waals surface area contributed by atoms with Gasteiger partial charge in [0.2, 0.25) is 5.91 Å². The summed E-state index contributed by atoms with van der Waals surface area (Å²) in [6.07, 6.45) is 0. The maximum atomic E-state index is 13.7. The number of rotatable bonds is 7. The molecular weight excluding hydrogens is 346 g/mol. The minimum absolute atomic E-state index is 0.0774. The van der Waals surface area contributed by atoms with Gasteiger partial charge in [0, 0.05) is 13.1 Å². The molecule has 0 fully saturated rings. The van der Waals surface area contributed by atoms with Crippen LogP contribution in [0.3, 0.4) is 0 Å². The number of carbonyl (C=O) groups is 1. The van der Waals surface area contributed by atoms with Gasteiger partial charge in [-0.25, -0.2) is 0 Å². The standard InChI is InChI=1S/C25H27NO2/c1-3-26(4-2)24(27)23(20-14-8-5-9-15-20)25(28,21-16-10-6-11-17-21)22-18-12-7-13-19-22/h5-19,23,28H,3-4H2,1-2H3/t23-/m1/s1. The number of amides is 1. The molecule has 0 radical (unpaired) electrons. The predicted octanol–water partition coefficient (Wildman–Crippen LogP) is 4.57. The zero-order valence-electron chi connectivity index (χ0n) is 16.5. The summed E-state index contributed by atoms with van der Waals surface area (Å²) in [7, 11) is 0. The van der Waals surface area contributed by atoms with E-state index >= 15 is 0 Å². The highest BCUT2D eigenvalue weighted by molar-refractivity contribution is 5.86. The molecule has 28 heavy (non-hydrogen) atoms. The van der Waals surface area contributed by atoms with Crippen molar-refractivity contribution < 1.29 is 9.90 Å². The van der Waals surface area contributed by atoms with E-state index < -0.39 is 11.5 Å². The SMILES string of the molecule is CCN(CC)C(=O)[C@@H](c1ccccc1)C(O)(c1ccccc1)c1ccccc1. The highest BCUT2D eigenvalue weighted by Crippen LogP contribution is 2.43. The zero-order chi connectivity index (χ0) is 20.0. The summed E-state index contributed by atoms with van der Waals surface area (Å²) < 4.78 is 0. The fourth-order valence-electron chi connectivity index (χ4n) is 3.81. The zero-order valence-corrected chi connectivity index (χ0v) is 16.5. The van der Waals surface area contributed by atoms with Gasteiger partial charge in [0.25, 0.3) is 0 Å². The summed E-state index contributed by atoms with van der Waals surface area (Å²) in [5.74, 6) is -0.829. The van der Waals surface area contributed by atoms with Crippen LogP contribution in [0.4, 0.5) is 0 Å². The van der Waals surface area contributed by atoms with E-state index in [1.165, 1.54) is 0 Å². The third-order valence-corrected chi connectivity index (χ3v) is 5.30. The molecule has 3 nitrogen and oxygen atoms in total. The summed E-state index contributed by atoms with van der Waals surface area (Å²) in [5, 5.41) is 12.2. The Bertz CT molecular complexity index is 835. The molecule has 0 aliphatic carbocycles. The minimum atomic E-state index is -1.48. The Kier molecular flexibility index (Phi) is 6.27. The van der Waals surface area contributed by atoms with Gasteiger partial charge in [-0.3, -0.25) is 4.79 Å². The second-order valence-electron chi connectivity index (χ2n) is 6.85. The Morgan fingerprint density at radius 3 is 1.57 bits per heavy atom. The lowest BCUT2D eigenvalue weighted by atomic mass is 9.72. The predicted molar refractivity (Wildman–Crippen MR) is 113 cm³/mol. The molecule has 0 saturated carbocycles. The van der Waals surface area contributed by atoms with E-state index in [1.807, 2.05) is 105 Å². The second kappa shape index (κ2) is 8.85. The molecule has 3 aromatic rings. The van der Waals surface area contributed by atoms with Gasteiger partial charge in [0.1, 0.15) is 11.5 Å². The van der Waals surface area contributed by atoms with Crippen LogP contribution in [0.1, 0.15) is 36.5 Å². The lowest BCUT2D eigenvalue weighted by molar-refractivity contribution is -0.138. The smallest absolute Gasteiger partial charge is 0.233 e. The van der Waals surface area contributed by atoms with Gasteiger partial charge in [0.15, 0.2) is 0 Å². The average molecular weight is 373 g/mol. The topological polar surface area (TPSA) is 40.5 Å². The molecule has 3 rings (SSSR count). The Hall–Kier alpha value is -2.91. The molecule has 0 aliphatic heterocycles. The fourth-order valence-corrected chi connectivity index (χ4v) is 3.81. The van der Waals surface area contributed by atoms with Crippen molar-refractivity contribution in [3.05, 3.63) is 108 Å². The molecule has 0 aliphatic rings. The van der Waals surface area contributed by atoms with Crippen LogP contribution in [-0.4, -0.2) is 29.0 Å². The van der Waals surface area contributed by atoms with Crippen LogP contribution in [0, 0.1) is 0 Å². The molecule has 0 bridgehead atoms. The number of aliphatic hydroxyl groups is 1. The van der Waals surface area contributed by atoms with Crippen molar-refractivity contribution in [2.24, 2.45) is 0 Å². The molecule has 0 spiro atoms. The molecule has 1 N–H and O–H groups in total. The molecule has 1 atom stereocenters. The van der Waals surface area contributed by atoms with Gasteiger partial charge in [-0.05, 0) is 30.5 Å². The highest BCUT2D eigenvalue weighted by Gasteiger charge is 2.46. The van der Waals surface area contributed by atoms with E-state index in [0.717, 1.165) is 5.56 Å². The third-order valence-electron chi connectivity index (χ3n) is 5.30. The van der Waals surface area contributed by atoms with Gasteiger partial charge >= 0.3 is 0 Å². The minimum Gasteiger partial charge on any atom is -0.379 e. The van der Waals surface area contributed by atoms with Crippen molar-refractivity contribution in [2.75, 3.05) is 13.1 Å². The first-order valence-corrected chi connectivity index (χ1v) is 9.80. The number of benzene rings is 3. The number of likely N-dealkylation sites (N-methyl/N-ethyl adjacent to an activating group) is 1. The van der Waals surface area contributed by atoms with Crippen molar-refractivity contribution in [3.63, 3.8) is 0 Å². The number of hydrogen-bond acceptors (Lipinski definition) is 2. The van der Waals surface area contributed by atoms with E-state index in [1.54, 1.807) is 4.90 Å². The van der Waals surface area contributed by atoms with Crippen molar-refractivity contribution in [2.45, 2.75) is 25.4 Å². The molecule has 144 valence electrons. The molecule has 0 aromatic heterocycles. The summed E-state index contributed by atoms with van der Waals surface area (Å²) >= 11 is 0. The maximum absolute atomic E-state index is 13.7. The van der Waals surface area contributed by atoms with Gasteiger partial charge in [-0.15, -0.1) is 0 Å². The van der Waals surface area contributed by atoms with Crippen LogP contribution in [-0.2, 0) is 10.4 Å². The first-order valence-electron chi connectivity index (χ1n) is 9.80. The van der Waals surface area contributed by atoms with Crippen LogP contribution < -0.4 is 0 Å². The van der Waals surface area contributed by atoms with Crippen LogP contribution in [0.25, 0.3) is 0 Å². The van der Waals surface area contributed by atoms with Crippen LogP contribution >= 0.6 is 0 Å². The first-order chi connectivity index (χ1) is 13.6. The van der Waals surface area contributed by atoms with E-state index in [4.69, 9.17) is 0 Å². The lowest BCUT2D eigenvalue weighted by Gasteiger charge is -2.39. The molecule has 1 amide bonds. The van der Waals surface area contributed by atoms with Crippen LogP contribution in [0.5, 0.6) is 0 Å². The van der Waals surface area contributed by atoms with Gasteiger partial charge in [-0.1, -0.05) is 91.0 Å². The van der Waals surface area contributed by atoms with Crippen LogP contribution in [0.2, 0.25) is 0 Å². The molecule has 3 heteroatoms.